The van der Waals surface area contributed by atoms with Crippen LogP contribution in [-0.4, -0.2) is 11.0 Å². The van der Waals surface area contributed by atoms with Crippen molar-refractivity contribution in [3.63, 3.8) is 0 Å². The summed E-state index contributed by atoms with van der Waals surface area (Å²) in [6.07, 6.45) is -4.52. The number of fused-ring (bicyclic) bond motifs is 1. The molecule has 2 aromatic carbocycles. The van der Waals surface area contributed by atoms with Crippen molar-refractivity contribution in [3.8, 4) is 5.75 Å². The fraction of sp³-hybridized carbons (Fsp3) is 0.125. The fourth-order valence-electron chi connectivity index (χ4n) is 2.07. The topological polar surface area (TPSA) is 52.3 Å². The number of hydrogen-bond donors (Lipinski definition) is 0. The summed E-state index contributed by atoms with van der Waals surface area (Å²) in [5, 5.41) is 0. The van der Waals surface area contributed by atoms with Gasteiger partial charge in [-0.25, -0.2) is 9.78 Å². The molecule has 3 aromatic rings. The number of rotatable bonds is 2. The van der Waals surface area contributed by atoms with Crippen LogP contribution in [0.5, 0.6) is 5.75 Å². The Kier molecular flexibility index (Phi) is 3.55. The summed E-state index contributed by atoms with van der Waals surface area (Å²) < 4.78 is 48.4. The van der Waals surface area contributed by atoms with Gasteiger partial charge in [0.15, 0.2) is 11.5 Å². The van der Waals surface area contributed by atoms with E-state index in [0.29, 0.717) is 17.0 Å². The van der Waals surface area contributed by atoms with Crippen LogP contribution in [0.2, 0.25) is 0 Å². The average molecular weight is 321 g/mol. The number of oxazole rings is 1. The summed E-state index contributed by atoms with van der Waals surface area (Å²) in [5.74, 6) is -0.245. The van der Waals surface area contributed by atoms with E-state index < -0.39 is 17.7 Å². The molecule has 4 nitrogen and oxygen atoms in total. The molecule has 0 fully saturated rings. The highest BCUT2D eigenvalue weighted by molar-refractivity contribution is 5.91. The number of aromatic nitrogens is 1. The summed E-state index contributed by atoms with van der Waals surface area (Å²) in [6.45, 7) is 1.67. The molecular formula is C16H10F3NO3. The first-order chi connectivity index (χ1) is 10.8. The molecule has 118 valence electrons. The van der Waals surface area contributed by atoms with E-state index in [4.69, 9.17) is 9.15 Å². The Morgan fingerprint density at radius 3 is 2.70 bits per heavy atom. The number of aryl methyl sites for hydroxylation is 1. The van der Waals surface area contributed by atoms with E-state index in [2.05, 4.69) is 4.98 Å². The van der Waals surface area contributed by atoms with Crippen molar-refractivity contribution < 1.29 is 27.1 Å². The molecule has 0 atom stereocenters. The number of benzene rings is 2. The SMILES string of the molecule is Cc1nc2cc(OC(=O)c3cccc(C(F)(F)F)c3)ccc2o1. The Labute approximate surface area is 128 Å². The van der Waals surface area contributed by atoms with Gasteiger partial charge in [0.1, 0.15) is 11.3 Å². The normalized spacial score (nSPS) is 11.7. The maximum Gasteiger partial charge on any atom is 0.416 e. The van der Waals surface area contributed by atoms with E-state index in [9.17, 15) is 18.0 Å². The molecule has 0 saturated carbocycles. The van der Waals surface area contributed by atoms with Crippen molar-refractivity contribution in [3.05, 3.63) is 59.5 Å². The average Bonchev–Trinajstić information content (AvgIpc) is 2.86. The van der Waals surface area contributed by atoms with Crippen molar-refractivity contribution in [1.29, 1.82) is 0 Å². The number of alkyl halides is 3. The quantitative estimate of drug-likeness (QED) is 0.519. The van der Waals surface area contributed by atoms with Crippen molar-refractivity contribution in [1.82, 2.24) is 4.98 Å². The Morgan fingerprint density at radius 1 is 1.17 bits per heavy atom. The first-order valence-electron chi connectivity index (χ1n) is 6.59. The molecule has 1 heterocycles. The Hall–Kier alpha value is -2.83. The minimum atomic E-state index is -4.52. The van der Waals surface area contributed by atoms with Gasteiger partial charge in [-0.2, -0.15) is 13.2 Å². The third kappa shape index (κ3) is 3.18. The van der Waals surface area contributed by atoms with Gasteiger partial charge in [-0.3, -0.25) is 0 Å². The molecule has 0 spiro atoms. The Balaban J connectivity index is 1.85. The van der Waals surface area contributed by atoms with Gasteiger partial charge in [-0.15, -0.1) is 0 Å². The molecule has 0 saturated heterocycles. The molecule has 7 heteroatoms. The number of esters is 1. The van der Waals surface area contributed by atoms with Gasteiger partial charge in [0, 0.05) is 13.0 Å². The molecule has 0 amide bonds. The number of nitrogens with zero attached hydrogens (tertiary/aromatic N) is 1. The number of carbonyl (C=O) groups excluding carboxylic acids is 1. The number of hydrogen-bond acceptors (Lipinski definition) is 4. The Morgan fingerprint density at radius 2 is 1.96 bits per heavy atom. The van der Waals surface area contributed by atoms with Gasteiger partial charge in [0.2, 0.25) is 0 Å². The second-order valence-electron chi connectivity index (χ2n) is 4.83. The van der Waals surface area contributed by atoms with Crippen LogP contribution in [0.4, 0.5) is 13.2 Å². The predicted octanol–water partition coefficient (Wildman–Crippen LogP) is 4.37. The van der Waals surface area contributed by atoms with Crippen LogP contribution in [0, 0.1) is 6.92 Å². The largest absolute Gasteiger partial charge is 0.441 e. The third-order valence-corrected chi connectivity index (χ3v) is 3.10. The van der Waals surface area contributed by atoms with Gasteiger partial charge in [0.25, 0.3) is 0 Å². The standard InChI is InChI=1S/C16H10F3NO3/c1-9-20-13-8-12(5-6-14(13)22-9)23-15(21)10-3-2-4-11(7-10)16(17,18)19/h2-8H,1H3. The summed E-state index contributed by atoms with van der Waals surface area (Å²) in [7, 11) is 0. The van der Waals surface area contributed by atoms with Crippen LogP contribution in [-0.2, 0) is 6.18 Å². The first kappa shape index (κ1) is 15.1. The molecule has 0 bridgehead atoms. The van der Waals surface area contributed by atoms with Gasteiger partial charge < -0.3 is 9.15 Å². The zero-order chi connectivity index (χ0) is 16.6. The monoisotopic (exact) mass is 321 g/mol. The Bertz CT molecular complexity index is 884. The van der Waals surface area contributed by atoms with Gasteiger partial charge in [0.05, 0.1) is 11.1 Å². The maximum absolute atomic E-state index is 12.7. The lowest BCUT2D eigenvalue weighted by atomic mass is 10.1. The second kappa shape index (κ2) is 5.42. The van der Waals surface area contributed by atoms with E-state index in [1.165, 1.54) is 18.2 Å². The van der Waals surface area contributed by atoms with Crippen LogP contribution in [0.1, 0.15) is 21.8 Å². The minimum Gasteiger partial charge on any atom is -0.441 e. The predicted molar refractivity (Wildman–Crippen MR) is 75.1 cm³/mol. The lowest BCUT2D eigenvalue weighted by molar-refractivity contribution is -0.137. The molecule has 0 aliphatic carbocycles. The fourth-order valence-corrected chi connectivity index (χ4v) is 2.07. The molecule has 1 aromatic heterocycles. The van der Waals surface area contributed by atoms with Crippen LogP contribution < -0.4 is 4.74 Å². The van der Waals surface area contributed by atoms with Crippen LogP contribution in [0.25, 0.3) is 11.1 Å². The summed E-state index contributed by atoms with van der Waals surface area (Å²) in [6, 6.07) is 8.60. The molecule has 3 rings (SSSR count). The smallest absolute Gasteiger partial charge is 0.416 e. The highest BCUT2D eigenvalue weighted by Crippen LogP contribution is 2.30. The van der Waals surface area contributed by atoms with Crippen LogP contribution in [0.3, 0.4) is 0 Å². The second-order valence-corrected chi connectivity index (χ2v) is 4.83. The molecular weight excluding hydrogens is 311 g/mol. The number of ether oxygens (including phenoxy) is 1. The summed E-state index contributed by atoms with van der Waals surface area (Å²) in [5.41, 5.74) is -0.0657. The van der Waals surface area contributed by atoms with Crippen LogP contribution >= 0.6 is 0 Å². The van der Waals surface area contributed by atoms with Crippen molar-refractivity contribution >= 4 is 17.1 Å². The van der Waals surface area contributed by atoms with Crippen molar-refractivity contribution in [2.45, 2.75) is 13.1 Å². The molecule has 0 N–H and O–H groups in total. The molecule has 0 radical (unpaired) electrons. The molecule has 23 heavy (non-hydrogen) atoms. The zero-order valence-electron chi connectivity index (χ0n) is 11.8. The van der Waals surface area contributed by atoms with E-state index >= 15 is 0 Å². The van der Waals surface area contributed by atoms with Crippen LogP contribution in [0.15, 0.2) is 46.9 Å². The lowest BCUT2D eigenvalue weighted by Crippen LogP contribution is -2.11. The minimum absolute atomic E-state index is 0.174. The first-order valence-corrected chi connectivity index (χ1v) is 6.59. The highest BCUT2D eigenvalue weighted by Gasteiger charge is 2.31. The molecule has 0 aliphatic rings. The van der Waals surface area contributed by atoms with E-state index in [1.54, 1.807) is 13.0 Å². The highest BCUT2D eigenvalue weighted by atomic mass is 19.4. The molecule has 0 aliphatic heterocycles. The van der Waals surface area contributed by atoms with Gasteiger partial charge in [-0.05, 0) is 30.3 Å². The van der Waals surface area contributed by atoms with Crippen molar-refractivity contribution in [2.75, 3.05) is 0 Å². The summed E-state index contributed by atoms with van der Waals surface area (Å²) in [4.78, 5) is 16.1. The zero-order valence-corrected chi connectivity index (χ0v) is 11.8. The van der Waals surface area contributed by atoms with E-state index in [0.717, 1.165) is 18.2 Å². The third-order valence-electron chi connectivity index (χ3n) is 3.10. The maximum atomic E-state index is 12.7. The summed E-state index contributed by atoms with van der Waals surface area (Å²) >= 11 is 0. The number of halogens is 3. The van der Waals surface area contributed by atoms with E-state index in [1.807, 2.05) is 0 Å². The van der Waals surface area contributed by atoms with E-state index in [-0.39, 0.29) is 11.3 Å². The number of carbonyl (C=O) groups is 1. The van der Waals surface area contributed by atoms with Gasteiger partial charge >= 0.3 is 12.1 Å². The van der Waals surface area contributed by atoms with Crippen molar-refractivity contribution in [2.24, 2.45) is 0 Å². The molecule has 0 unspecified atom stereocenters. The lowest BCUT2D eigenvalue weighted by Gasteiger charge is -2.08. The van der Waals surface area contributed by atoms with Gasteiger partial charge in [-0.1, -0.05) is 6.07 Å².